The first-order valence-electron chi connectivity index (χ1n) is 1.27. The molecule has 0 amide bonds. The third-order valence-corrected chi connectivity index (χ3v) is 2.17. The van der Waals surface area contributed by atoms with Crippen LogP contribution in [0, 0.1) is 0 Å². The van der Waals surface area contributed by atoms with Crippen LogP contribution in [-0.2, 0) is 23.1 Å². The second-order valence-electron chi connectivity index (χ2n) is 0.753. The first-order valence-corrected chi connectivity index (χ1v) is 4.25. The van der Waals surface area contributed by atoms with Gasteiger partial charge in [0.05, 0.1) is 0 Å². The molecular formula is H3FO4SiTi. The number of rotatable bonds is 2. The fourth-order valence-corrected chi connectivity index (χ4v) is 0.640. The van der Waals surface area contributed by atoms with Crippen molar-refractivity contribution in [2.45, 2.75) is 0 Å². The van der Waals surface area contributed by atoms with E-state index in [1.807, 2.05) is 0 Å². The summed E-state index contributed by atoms with van der Waals surface area (Å²) in [6, 6.07) is 0. The molecule has 0 saturated heterocycles. The van der Waals surface area contributed by atoms with E-state index in [4.69, 9.17) is 14.4 Å². The Morgan fingerprint density at radius 1 is 1.43 bits per heavy atom. The van der Waals surface area contributed by atoms with Crippen LogP contribution in [0.25, 0.3) is 0 Å². The van der Waals surface area contributed by atoms with Crippen molar-refractivity contribution in [2.75, 3.05) is 0 Å². The van der Waals surface area contributed by atoms with Gasteiger partial charge in [-0.25, -0.2) is 0 Å². The average molecular weight is 162 g/mol. The van der Waals surface area contributed by atoms with Gasteiger partial charge in [0.25, 0.3) is 0 Å². The molecule has 42 valence electrons. The Labute approximate surface area is 50.1 Å². The maximum absolute atomic E-state index is 10.9. The monoisotopic (exact) mass is 162 g/mol. The summed E-state index contributed by atoms with van der Waals surface area (Å²) in [7, 11) is -4.48. The summed E-state index contributed by atoms with van der Waals surface area (Å²) in [5.74, 6) is 0. The van der Waals surface area contributed by atoms with Crippen LogP contribution in [0.2, 0.25) is 0 Å². The van der Waals surface area contributed by atoms with Crippen LogP contribution in [0.5, 0.6) is 0 Å². The van der Waals surface area contributed by atoms with Gasteiger partial charge in [0.1, 0.15) is 0 Å². The van der Waals surface area contributed by atoms with Gasteiger partial charge in [0.15, 0.2) is 0 Å². The molecular weight excluding hydrogens is 159 g/mol. The Kier molecular flexibility index (Phi) is 3.17. The fraction of sp³-hybridized carbons (Fsp3) is 0. The summed E-state index contributed by atoms with van der Waals surface area (Å²) >= 11 is -2.28. The van der Waals surface area contributed by atoms with Crippen LogP contribution in [-0.4, -0.2) is 23.4 Å². The van der Waals surface area contributed by atoms with E-state index in [9.17, 15) is 3.09 Å². The Hall–Kier alpha value is 0.701. The summed E-state index contributed by atoms with van der Waals surface area (Å²) in [4.78, 5) is 23.5. The maximum atomic E-state index is 10.9. The Bertz CT molecular complexity index is 50.1. The third-order valence-electron chi connectivity index (χ3n) is 0.176. The van der Waals surface area contributed by atoms with Gasteiger partial charge in [-0.1, -0.05) is 0 Å². The van der Waals surface area contributed by atoms with Gasteiger partial charge in [-0.15, -0.1) is 0 Å². The number of hydrogen-bond acceptors (Lipinski definition) is 4. The SMILES string of the molecule is O[Si](O)(O)[O][Ti][F]. The number of halogens is 1. The van der Waals surface area contributed by atoms with Gasteiger partial charge in [-0.2, -0.15) is 0 Å². The molecule has 0 radical (unpaired) electrons. The minimum atomic E-state index is -4.48. The van der Waals surface area contributed by atoms with Gasteiger partial charge >= 0.3 is 49.6 Å². The van der Waals surface area contributed by atoms with E-state index >= 15 is 0 Å². The summed E-state index contributed by atoms with van der Waals surface area (Å²) < 4.78 is 14.4. The van der Waals surface area contributed by atoms with Crippen LogP contribution >= 0.6 is 0 Å². The Morgan fingerprint density at radius 2 is 1.86 bits per heavy atom. The molecule has 0 aromatic rings. The van der Waals surface area contributed by atoms with Crippen molar-refractivity contribution in [1.29, 1.82) is 0 Å². The first kappa shape index (κ1) is 7.70. The Morgan fingerprint density at radius 3 is 1.86 bits per heavy atom. The van der Waals surface area contributed by atoms with E-state index in [0.29, 0.717) is 0 Å². The van der Waals surface area contributed by atoms with Gasteiger partial charge in [-0.05, 0) is 0 Å². The molecule has 0 fully saturated rings. The standard InChI is InChI=1S/FH.H3O4Si.Ti/c;1-5(2,3)4;/h1H;1-3H;/q;-1;+2/p-1. The van der Waals surface area contributed by atoms with Crippen molar-refractivity contribution >= 4 is 9.05 Å². The second kappa shape index (κ2) is 2.88. The predicted molar refractivity (Wildman–Crippen MR) is 14.6 cm³/mol. The zero-order valence-corrected chi connectivity index (χ0v) is 5.69. The zero-order valence-electron chi connectivity index (χ0n) is 3.13. The summed E-state index contributed by atoms with van der Waals surface area (Å²) in [5, 5.41) is 0. The quantitative estimate of drug-likeness (QED) is 0.423. The number of hydrogen-bond donors (Lipinski definition) is 3. The summed E-state index contributed by atoms with van der Waals surface area (Å²) in [5.41, 5.74) is 0. The zero-order chi connectivity index (χ0) is 5.91. The van der Waals surface area contributed by atoms with Crippen molar-refractivity contribution in [1.82, 2.24) is 0 Å². The van der Waals surface area contributed by atoms with Gasteiger partial charge in [-0.3, -0.25) is 0 Å². The van der Waals surface area contributed by atoms with Crippen LogP contribution in [0.15, 0.2) is 0 Å². The molecule has 3 N–H and O–H groups in total. The normalized spacial score (nSPS) is 11.4. The molecule has 0 spiro atoms. The molecule has 7 heavy (non-hydrogen) atoms. The molecule has 0 heterocycles. The molecule has 4 nitrogen and oxygen atoms in total. The van der Waals surface area contributed by atoms with E-state index in [1.165, 1.54) is 0 Å². The summed E-state index contributed by atoms with van der Waals surface area (Å²) in [6.07, 6.45) is 0. The van der Waals surface area contributed by atoms with Gasteiger partial charge < -0.3 is 0 Å². The van der Waals surface area contributed by atoms with Crippen LogP contribution in [0.3, 0.4) is 0 Å². The van der Waals surface area contributed by atoms with E-state index in [-0.39, 0.29) is 0 Å². The van der Waals surface area contributed by atoms with E-state index in [1.54, 1.807) is 0 Å². The van der Waals surface area contributed by atoms with Crippen LogP contribution < -0.4 is 0 Å². The van der Waals surface area contributed by atoms with Gasteiger partial charge in [0, 0.05) is 0 Å². The minimum absolute atomic E-state index is 2.28. The molecule has 0 rings (SSSR count). The molecule has 0 aromatic carbocycles. The van der Waals surface area contributed by atoms with E-state index in [0.717, 1.165) is 0 Å². The average Bonchev–Trinajstić information content (AvgIpc) is 1.30. The van der Waals surface area contributed by atoms with Crippen LogP contribution in [0.4, 0.5) is 3.09 Å². The van der Waals surface area contributed by atoms with Crippen molar-refractivity contribution in [3.8, 4) is 0 Å². The topological polar surface area (TPSA) is 69.9 Å². The molecule has 0 aliphatic heterocycles. The molecule has 0 unspecified atom stereocenters. The molecule has 0 atom stereocenters. The van der Waals surface area contributed by atoms with Crippen molar-refractivity contribution in [3.05, 3.63) is 0 Å². The van der Waals surface area contributed by atoms with Crippen LogP contribution in [0.1, 0.15) is 0 Å². The fourth-order valence-electron chi connectivity index (χ4n) is 0.0518. The molecule has 0 aromatic heterocycles. The van der Waals surface area contributed by atoms with Crippen molar-refractivity contribution in [3.63, 3.8) is 0 Å². The molecule has 0 aliphatic carbocycles. The van der Waals surface area contributed by atoms with E-state index in [2.05, 4.69) is 3.01 Å². The predicted octanol–water partition coefficient (Wildman–Crippen LogP) is -1.70. The molecule has 7 heteroatoms. The summed E-state index contributed by atoms with van der Waals surface area (Å²) in [6.45, 7) is 0. The van der Waals surface area contributed by atoms with Gasteiger partial charge in [0.2, 0.25) is 0 Å². The Balaban J connectivity index is 3.15. The van der Waals surface area contributed by atoms with E-state index < -0.39 is 29.1 Å². The second-order valence-corrected chi connectivity index (χ2v) is 3.30. The first-order chi connectivity index (χ1) is 3.06. The van der Waals surface area contributed by atoms with Crippen molar-refractivity contribution in [2.24, 2.45) is 0 Å². The molecule has 0 aliphatic rings. The molecule has 0 saturated carbocycles. The third kappa shape index (κ3) is 6.70. The van der Waals surface area contributed by atoms with Crippen molar-refractivity contribution < 1.29 is 40.6 Å². The molecule has 0 bridgehead atoms.